The van der Waals surface area contributed by atoms with Crippen molar-refractivity contribution in [2.75, 3.05) is 0 Å². The summed E-state index contributed by atoms with van der Waals surface area (Å²) in [4.78, 5) is 11.3. The van der Waals surface area contributed by atoms with Gasteiger partial charge in [0.05, 0.1) is 0 Å². The van der Waals surface area contributed by atoms with Gasteiger partial charge >= 0.3 is 5.97 Å². The number of hydrogen-bond acceptors (Lipinski definition) is 2. The van der Waals surface area contributed by atoms with Gasteiger partial charge in [0.15, 0.2) is 0 Å². The van der Waals surface area contributed by atoms with Crippen molar-refractivity contribution in [1.82, 2.24) is 0 Å². The lowest BCUT2D eigenvalue weighted by Gasteiger charge is -2.30. The fourth-order valence-corrected chi connectivity index (χ4v) is 3.88. The quantitative estimate of drug-likeness (QED) is 0.512. The van der Waals surface area contributed by atoms with Crippen molar-refractivity contribution in [3.05, 3.63) is 12.2 Å². The Morgan fingerprint density at radius 3 is 3.07 bits per heavy atom. The minimum absolute atomic E-state index is 0.0185. The highest BCUT2D eigenvalue weighted by atomic mass is 16.5. The molecule has 0 aromatic heterocycles. The molecular weight excluding hydrogens is 188 g/mol. The molecule has 0 heterocycles. The first kappa shape index (κ1) is 9.44. The molecule has 0 unspecified atom stereocenters. The zero-order chi connectivity index (χ0) is 10.4. The summed E-state index contributed by atoms with van der Waals surface area (Å²) in [7, 11) is 0. The van der Waals surface area contributed by atoms with Crippen LogP contribution < -0.4 is 0 Å². The zero-order valence-electron chi connectivity index (χ0n) is 9.19. The molecule has 2 heteroatoms. The van der Waals surface area contributed by atoms with Crippen molar-refractivity contribution in [3.8, 4) is 0 Å². The van der Waals surface area contributed by atoms with Crippen LogP contribution in [0.15, 0.2) is 12.2 Å². The van der Waals surface area contributed by atoms with Gasteiger partial charge in [-0.3, -0.25) is 4.79 Å². The standard InChI is InChI=1S/C13H18O2/c1-2-13(14)15-12-7-8-6-11(12)10-5-3-4-9(8)10/h3-4,8-12H,2,5-7H2,1H3/t8-,9+,10+,11-,12+/m1/s1. The van der Waals surface area contributed by atoms with Crippen molar-refractivity contribution in [2.24, 2.45) is 23.7 Å². The Morgan fingerprint density at radius 2 is 2.27 bits per heavy atom. The normalized spacial score (nSPS) is 45.8. The summed E-state index contributed by atoms with van der Waals surface area (Å²) >= 11 is 0. The molecule has 2 saturated carbocycles. The van der Waals surface area contributed by atoms with E-state index in [0.29, 0.717) is 12.3 Å². The van der Waals surface area contributed by atoms with Crippen LogP contribution in [0.3, 0.4) is 0 Å². The van der Waals surface area contributed by atoms with Crippen molar-refractivity contribution in [2.45, 2.75) is 38.7 Å². The number of ether oxygens (including phenoxy) is 1. The van der Waals surface area contributed by atoms with Gasteiger partial charge in [-0.05, 0) is 42.9 Å². The molecule has 2 fully saturated rings. The van der Waals surface area contributed by atoms with Gasteiger partial charge in [0.1, 0.15) is 6.10 Å². The topological polar surface area (TPSA) is 26.3 Å². The third kappa shape index (κ3) is 1.34. The van der Waals surface area contributed by atoms with Crippen LogP contribution in [0.5, 0.6) is 0 Å². The smallest absolute Gasteiger partial charge is 0.305 e. The molecule has 15 heavy (non-hydrogen) atoms. The number of rotatable bonds is 2. The van der Waals surface area contributed by atoms with E-state index in [9.17, 15) is 4.79 Å². The molecule has 0 radical (unpaired) electrons. The molecule has 3 rings (SSSR count). The number of carbonyl (C=O) groups excluding carboxylic acids is 1. The summed E-state index contributed by atoms with van der Waals surface area (Å²) in [6.07, 6.45) is 9.09. The average Bonchev–Trinajstić information content (AvgIpc) is 2.87. The van der Waals surface area contributed by atoms with Crippen LogP contribution >= 0.6 is 0 Å². The van der Waals surface area contributed by atoms with Gasteiger partial charge in [0, 0.05) is 6.42 Å². The maximum Gasteiger partial charge on any atom is 0.305 e. The maximum absolute atomic E-state index is 11.3. The number of carbonyl (C=O) groups is 1. The Hall–Kier alpha value is -0.790. The second-order valence-electron chi connectivity index (χ2n) is 5.18. The lowest BCUT2D eigenvalue weighted by Crippen LogP contribution is -2.32. The Labute approximate surface area is 90.7 Å². The summed E-state index contributed by atoms with van der Waals surface area (Å²) in [5.74, 6) is 3.04. The van der Waals surface area contributed by atoms with E-state index in [4.69, 9.17) is 4.74 Å². The Balaban J connectivity index is 1.69. The van der Waals surface area contributed by atoms with E-state index in [1.54, 1.807) is 0 Å². The molecular formula is C13H18O2. The summed E-state index contributed by atoms with van der Waals surface area (Å²) in [5, 5.41) is 0. The minimum atomic E-state index is -0.0185. The second kappa shape index (κ2) is 3.36. The molecule has 3 aliphatic carbocycles. The van der Waals surface area contributed by atoms with Crippen molar-refractivity contribution >= 4 is 5.97 Å². The van der Waals surface area contributed by atoms with Crippen LogP contribution in [0, 0.1) is 23.7 Å². The van der Waals surface area contributed by atoms with Crippen molar-refractivity contribution in [3.63, 3.8) is 0 Å². The minimum Gasteiger partial charge on any atom is -0.462 e. The van der Waals surface area contributed by atoms with E-state index in [1.165, 1.54) is 12.8 Å². The fourth-order valence-electron chi connectivity index (χ4n) is 3.88. The number of fused-ring (bicyclic) bond motifs is 5. The number of allylic oxidation sites excluding steroid dienone is 2. The molecule has 0 saturated heterocycles. The zero-order valence-corrected chi connectivity index (χ0v) is 9.19. The molecule has 0 aromatic carbocycles. The lowest BCUT2D eigenvalue weighted by molar-refractivity contribution is -0.152. The molecule has 5 atom stereocenters. The SMILES string of the molecule is CCC(=O)O[C@H]1C[C@H]2C[C@@H]1[C@H]1CC=C[C@@H]21. The molecule has 0 spiro atoms. The first-order valence-electron chi connectivity index (χ1n) is 6.15. The molecule has 3 aliphatic rings. The average molecular weight is 206 g/mol. The van der Waals surface area contributed by atoms with E-state index in [1.807, 2.05) is 6.92 Å². The first-order chi connectivity index (χ1) is 7.29. The van der Waals surface area contributed by atoms with Gasteiger partial charge in [-0.1, -0.05) is 19.1 Å². The predicted octanol–water partition coefficient (Wildman–Crippen LogP) is 2.54. The van der Waals surface area contributed by atoms with Crippen LogP contribution in [0.25, 0.3) is 0 Å². The largest absolute Gasteiger partial charge is 0.462 e. The molecule has 2 bridgehead atoms. The molecule has 0 N–H and O–H groups in total. The Bertz CT molecular complexity index is 308. The van der Waals surface area contributed by atoms with Gasteiger partial charge in [-0.15, -0.1) is 0 Å². The highest BCUT2D eigenvalue weighted by Crippen LogP contribution is 2.57. The van der Waals surface area contributed by atoms with Crippen LogP contribution in [0.1, 0.15) is 32.6 Å². The fraction of sp³-hybridized carbons (Fsp3) is 0.769. The first-order valence-corrected chi connectivity index (χ1v) is 6.15. The summed E-state index contributed by atoms with van der Waals surface area (Å²) in [5.41, 5.74) is 0. The molecule has 0 amide bonds. The van der Waals surface area contributed by atoms with Gasteiger partial charge in [-0.2, -0.15) is 0 Å². The Morgan fingerprint density at radius 1 is 1.40 bits per heavy atom. The monoisotopic (exact) mass is 206 g/mol. The van der Waals surface area contributed by atoms with Crippen LogP contribution in [-0.2, 0) is 9.53 Å². The molecule has 0 aliphatic heterocycles. The molecule has 0 aromatic rings. The van der Waals surface area contributed by atoms with Gasteiger partial charge in [-0.25, -0.2) is 0 Å². The van der Waals surface area contributed by atoms with Crippen LogP contribution in [-0.4, -0.2) is 12.1 Å². The number of esters is 1. The summed E-state index contributed by atoms with van der Waals surface area (Å²) < 4.78 is 5.54. The number of hydrogen-bond donors (Lipinski definition) is 0. The van der Waals surface area contributed by atoms with Crippen LogP contribution in [0.2, 0.25) is 0 Å². The van der Waals surface area contributed by atoms with E-state index in [0.717, 1.165) is 24.2 Å². The van der Waals surface area contributed by atoms with Crippen molar-refractivity contribution < 1.29 is 9.53 Å². The summed E-state index contributed by atoms with van der Waals surface area (Å²) in [6.45, 7) is 1.87. The van der Waals surface area contributed by atoms with E-state index in [-0.39, 0.29) is 12.1 Å². The summed E-state index contributed by atoms with van der Waals surface area (Å²) in [6, 6.07) is 0. The van der Waals surface area contributed by atoms with E-state index >= 15 is 0 Å². The van der Waals surface area contributed by atoms with Gasteiger partial charge in [0.2, 0.25) is 0 Å². The van der Waals surface area contributed by atoms with Gasteiger partial charge < -0.3 is 4.74 Å². The highest BCUT2D eigenvalue weighted by molar-refractivity contribution is 5.69. The second-order valence-corrected chi connectivity index (χ2v) is 5.18. The van der Waals surface area contributed by atoms with Crippen LogP contribution in [0.4, 0.5) is 0 Å². The molecule has 82 valence electrons. The van der Waals surface area contributed by atoms with Gasteiger partial charge in [0.25, 0.3) is 0 Å². The third-order valence-corrected chi connectivity index (χ3v) is 4.51. The molecule has 2 nitrogen and oxygen atoms in total. The maximum atomic E-state index is 11.3. The van der Waals surface area contributed by atoms with Crippen molar-refractivity contribution in [1.29, 1.82) is 0 Å². The Kier molecular flexibility index (Phi) is 2.11. The highest BCUT2D eigenvalue weighted by Gasteiger charge is 2.53. The van der Waals surface area contributed by atoms with E-state index < -0.39 is 0 Å². The van der Waals surface area contributed by atoms with E-state index in [2.05, 4.69) is 12.2 Å². The predicted molar refractivity (Wildman–Crippen MR) is 57.1 cm³/mol. The lowest BCUT2D eigenvalue weighted by atomic mass is 9.80. The third-order valence-electron chi connectivity index (χ3n) is 4.51.